The SMILES string of the molecule is COc1cccc(OC)c1N1C(=O)[C@@H]2[C@H](C1=O)[C@@]1(C)C(=O)[C@]2(C)c2c1c1ncccc1c1cccnc21. The van der Waals surface area contributed by atoms with Gasteiger partial charge >= 0.3 is 0 Å². The van der Waals surface area contributed by atoms with Gasteiger partial charge in [0.05, 0.1) is 47.9 Å². The fourth-order valence-electron chi connectivity index (χ4n) is 7.36. The molecule has 3 heterocycles. The maximum atomic E-state index is 14.3. The van der Waals surface area contributed by atoms with E-state index in [9.17, 15) is 14.4 Å². The number of ketones is 1. The molecule has 37 heavy (non-hydrogen) atoms. The average molecular weight is 494 g/mol. The Morgan fingerprint density at radius 1 is 0.730 bits per heavy atom. The highest BCUT2D eigenvalue weighted by molar-refractivity contribution is 6.32. The molecule has 4 atom stereocenters. The molecule has 2 fully saturated rings. The van der Waals surface area contributed by atoms with Crippen LogP contribution in [-0.4, -0.2) is 41.8 Å². The number of nitrogens with zero attached hydrogens (tertiary/aromatic N) is 3. The number of fused-ring (bicyclic) bond motifs is 13. The lowest BCUT2D eigenvalue weighted by molar-refractivity contribution is -0.131. The van der Waals surface area contributed by atoms with Crippen molar-refractivity contribution >= 4 is 45.1 Å². The van der Waals surface area contributed by atoms with Crippen molar-refractivity contribution in [2.24, 2.45) is 11.8 Å². The number of para-hydroxylation sites is 1. The summed E-state index contributed by atoms with van der Waals surface area (Å²) < 4.78 is 11.0. The molecule has 2 bridgehead atoms. The molecule has 1 saturated carbocycles. The molecule has 2 amide bonds. The summed E-state index contributed by atoms with van der Waals surface area (Å²) in [7, 11) is 2.96. The molecule has 2 aromatic carbocycles. The van der Waals surface area contributed by atoms with E-state index in [4.69, 9.17) is 19.4 Å². The molecule has 0 N–H and O–H groups in total. The molecule has 7 rings (SSSR count). The largest absolute Gasteiger partial charge is 0.494 e. The third-order valence-electron chi connectivity index (χ3n) is 8.79. The second-order valence-corrected chi connectivity index (χ2v) is 10.3. The predicted molar refractivity (Wildman–Crippen MR) is 136 cm³/mol. The van der Waals surface area contributed by atoms with Crippen LogP contribution in [0.4, 0.5) is 5.69 Å². The molecule has 0 radical (unpaired) electrons. The number of Topliss-reactive ketones (excluding diaryl/α,β-unsaturated/α-hetero) is 1. The van der Waals surface area contributed by atoms with E-state index in [0.717, 1.165) is 15.7 Å². The van der Waals surface area contributed by atoms with Crippen LogP contribution in [0.1, 0.15) is 25.0 Å². The number of rotatable bonds is 3. The van der Waals surface area contributed by atoms with Gasteiger partial charge in [-0.2, -0.15) is 0 Å². The molecule has 0 unspecified atom stereocenters. The van der Waals surface area contributed by atoms with E-state index in [2.05, 4.69) is 0 Å². The minimum atomic E-state index is -1.25. The summed E-state index contributed by atoms with van der Waals surface area (Å²) in [5.41, 5.74) is 0.518. The van der Waals surface area contributed by atoms with Crippen molar-refractivity contribution in [2.45, 2.75) is 24.7 Å². The van der Waals surface area contributed by atoms with Gasteiger partial charge in [0.2, 0.25) is 11.8 Å². The van der Waals surface area contributed by atoms with Crippen LogP contribution in [0.15, 0.2) is 54.9 Å². The first-order valence-corrected chi connectivity index (χ1v) is 12.1. The number of methoxy groups -OCH3 is 2. The van der Waals surface area contributed by atoms with Crippen LogP contribution in [0.5, 0.6) is 11.5 Å². The Hall–Kier alpha value is -4.33. The van der Waals surface area contributed by atoms with Crippen LogP contribution in [0, 0.1) is 11.8 Å². The first-order chi connectivity index (χ1) is 17.8. The van der Waals surface area contributed by atoms with Crippen LogP contribution in [0.2, 0.25) is 0 Å². The topological polar surface area (TPSA) is 98.7 Å². The van der Waals surface area contributed by atoms with Gasteiger partial charge in [0.1, 0.15) is 17.2 Å². The van der Waals surface area contributed by atoms with Crippen molar-refractivity contribution in [2.75, 3.05) is 19.1 Å². The van der Waals surface area contributed by atoms with Crippen LogP contribution >= 0.6 is 0 Å². The number of carbonyl (C=O) groups is 3. The van der Waals surface area contributed by atoms with Gasteiger partial charge in [-0.1, -0.05) is 18.2 Å². The van der Waals surface area contributed by atoms with Crippen LogP contribution in [0.25, 0.3) is 21.8 Å². The van der Waals surface area contributed by atoms with Gasteiger partial charge in [-0.05, 0) is 49.2 Å². The molecule has 2 aliphatic carbocycles. The molecular weight excluding hydrogens is 470 g/mol. The molecule has 8 heteroatoms. The summed E-state index contributed by atoms with van der Waals surface area (Å²) in [5, 5.41) is 1.73. The molecule has 4 aromatic rings. The summed E-state index contributed by atoms with van der Waals surface area (Å²) >= 11 is 0. The quantitative estimate of drug-likeness (QED) is 0.317. The Bertz CT molecular complexity index is 1610. The number of amides is 2. The first-order valence-electron chi connectivity index (χ1n) is 12.1. The number of imide groups is 1. The van der Waals surface area contributed by atoms with E-state index in [0.29, 0.717) is 33.7 Å². The smallest absolute Gasteiger partial charge is 0.239 e. The fourth-order valence-corrected chi connectivity index (χ4v) is 7.36. The standard InChI is InChI=1S/C29H23N3O5/c1-28-18-19(23-15(9-7-13-31-23)14-8-6-12-30-22(14)18)29(2,27(28)35)21-20(28)25(33)32(26(21)34)24-16(36-3)10-5-11-17(24)37-4/h5-13,20-21H,1-4H3/t20-,21+,28+,29-. The molecule has 184 valence electrons. The Labute approximate surface area is 212 Å². The number of hydrogen-bond donors (Lipinski definition) is 0. The number of pyridine rings is 2. The van der Waals surface area contributed by atoms with Gasteiger partial charge < -0.3 is 9.47 Å². The Morgan fingerprint density at radius 2 is 1.19 bits per heavy atom. The molecule has 1 aliphatic heterocycles. The average Bonchev–Trinajstić information content (AvgIpc) is 3.37. The fraction of sp³-hybridized carbons (Fsp3) is 0.276. The minimum Gasteiger partial charge on any atom is -0.494 e. The molecule has 8 nitrogen and oxygen atoms in total. The first kappa shape index (κ1) is 21.9. The van der Waals surface area contributed by atoms with E-state index in [-0.39, 0.29) is 11.5 Å². The Kier molecular flexibility index (Phi) is 4.09. The summed E-state index contributed by atoms with van der Waals surface area (Å²) in [6.45, 7) is 3.59. The Morgan fingerprint density at radius 3 is 1.62 bits per heavy atom. The summed E-state index contributed by atoms with van der Waals surface area (Å²) in [4.78, 5) is 53.3. The second kappa shape index (κ2) is 6.91. The maximum Gasteiger partial charge on any atom is 0.239 e. The molecule has 0 spiro atoms. The zero-order valence-electron chi connectivity index (χ0n) is 20.7. The third-order valence-corrected chi connectivity index (χ3v) is 8.79. The zero-order chi connectivity index (χ0) is 25.9. The van der Waals surface area contributed by atoms with Gasteiger partial charge in [0.25, 0.3) is 0 Å². The highest BCUT2D eigenvalue weighted by atomic mass is 16.5. The van der Waals surface area contributed by atoms with E-state index >= 15 is 0 Å². The molecular formula is C29H23N3O5. The van der Waals surface area contributed by atoms with Gasteiger partial charge in [-0.15, -0.1) is 0 Å². The van der Waals surface area contributed by atoms with Crippen LogP contribution in [0.3, 0.4) is 0 Å². The van der Waals surface area contributed by atoms with Gasteiger partial charge in [-0.3, -0.25) is 24.4 Å². The van der Waals surface area contributed by atoms with E-state index in [1.807, 2.05) is 24.3 Å². The molecule has 3 aliphatic rings. The van der Waals surface area contributed by atoms with Crippen molar-refractivity contribution in [3.05, 3.63) is 66.0 Å². The van der Waals surface area contributed by atoms with Crippen molar-refractivity contribution in [3.8, 4) is 11.5 Å². The van der Waals surface area contributed by atoms with E-state index in [1.165, 1.54) is 14.2 Å². The number of benzene rings is 2. The van der Waals surface area contributed by atoms with Gasteiger partial charge in [0.15, 0.2) is 5.78 Å². The van der Waals surface area contributed by atoms with Crippen molar-refractivity contribution in [1.82, 2.24) is 9.97 Å². The highest BCUT2D eigenvalue weighted by Gasteiger charge is 2.79. The zero-order valence-corrected chi connectivity index (χ0v) is 20.7. The molecule has 1 saturated heterocycles. The van der Waals surface area contributed by atoms with E-state index < -0.39 is 34.5 Å². The summed E-state index contributed by atoms with van der Waals surface area (Å²) in [6.07, 6.45) is 3.39. The second-order valence-electron chi connectivity index (χ2n) is 10.3. The number of carbonyl (C=O) groups excluding carboxylic acids is 3. The van der Waals surface area contributed by atoms with E-state index in [1.54, 1.807) is 44.4 Å². The number of ether oxygens (including phenoxy) is 2. The number of hydrogen-bond acceptors (Lipinski definition) is 7. The Balaban J connectivity index is 1.56. The predicted octanol–water partition coefficient (Wildman–Crippen LogP) is 3.72. The van der Waals surface area contributed by atoms with Crippen LogP contribution < -0.4 is 14.4 Å². The monoisotopic (exact) mass is 493 g/mol. The number of aromatic nitrogens is 2. The lowest BCUT2D eigenvalue weighted by Crippen LogP contribution is -2.42. The summed E-state index contributed by atoms with van der Waals surface area (Å²) in [6, 6.07) is 12.7. The summed E-state index contributed by atoms with van der Waals surface area (Å²) in [5.74, 6) is -2.10. The van der Waals surface area contributed by atoms with Gasteiger partial charge in [0, 0.05) is 23.2 Å². The highest BCUT2D eigenvalue weighted by Crippen LogP contribution is 2.68. The normalized spacial score (nSPS) is 27.8. The van der Waals surface area contributed by atoms with Crippen LogP contribution in [-0.2, 0) is 25.2 Å². The molecule has 2 aromatic heterocycles. The minimum absolute atomic E-state index is 0.136. The lowest BCUT2D eigenvalue weighted by Gasteiger charge is -2.34. The van der Waals surface area contributed by atoms with Gasteiger partial charge in [-0.25, -0.2) is 4.90 Å². The maximum absolute atomic E-state index is 14.3. The van der Waals surface area contributed by atoms with Crippen molar-refractivity contribution in [3.63, 3.8) is 0 Å². The third kappa shape index (κ3) is 2.24. The lowest BCUT2D eigenvalue weighted by atomic mass is 9.64. The number of anilines is 1. The van der Waals surface area contributed by atoms with Crippen molar-refractivity contribution < 1.29 is 23.9 Å². The van der Waals surface area contributed by atoms with Crippen molar-refractivity contribution in [1.29, 1.82) is 0 Å².